The van der Waals surface area contributed by atoms with E-state index >= 15 is 0 Å². The standard InChI is InChI=1S/C24H21F3N4O2/c1-33-13-12-28-20-14-18(24(25,26)27)22-19(32)15-21(29-16-8-4-2-5-9-16)31(23(22)30-20)17-10-6-3-7-11-17/h2-11,14-15,29H,12-13H2,1H3,(H,28,30). The fraction of sp³-hybridized carbons (Fsp3) is 0.167. The summed E-state index contributed by atoms with van der Waals surface area (Å²) >= 11 is 0. The SMILES string of the molecule is COCCNc1cc(C(F)(F)F)c2c(=O)cc(Nc3ccccc3)n(-c3ccccc3)c2n1. The molecule has 0 bridgehead atoms. The molecule has 0 fully saturated rings. The van der Waals surface area contributed by atoms with Crippen LogP contribution in [-0.4, -0.2) is 29.8 Å². The zero-order valence-corrected chi connectivity index (χ0v) is 17.7. The highest BCUT2D eigenvalue weighted by Gasteiger charge is 2.35. The van der Waals surface area contributed by atoms with Gasteiger partial charge in [0.25, 0.3) is 0 Å². The highest BCUT2D eigenvalue weighted by molar-refractivity contribution is 5.86. The first-order valence-corrected chi connectivity index (χ1v) is 10.2. The molecule has 0 atom stereocenters. The lowest BCUT2D eigenvalue weighted by Crippen LogP contribution is -2.20. The Morgan fingerprint density at radius 1 is 1.00 bits per heavy atom. The summed E-state index contributed by atoms with van der Waals surface area (Å²) in [4.78, 5) is 17.4. The Balaban J connectivity index is 2.03. The van der Waals surface area contributed by atoms with Crippen molar-refractivity contribution in [2.75, 3.05) is 30.9 Å². The smallest absolute Gasteiger partial charge is 0.383 e. The van der Waals surface area contributed by atoms with Crippen LogP contribution < -0.4 is 16.1 Å². The summed E-state index contributed by atoms with van der Waals surface area (Å²) in [6.45, 7) is 0.534. The van der Waals surface area contributed by atoms with Gasteiger partial charge in [0.1, 0.15) is 11.6 Å². The monoisotopic (exact) mass is 454 g/mol. The van der Waals surface area contributed by atoms with Gasteiger partial charge in [-0.1, -0.05) is 36.4 Å². The number of nitrogens with one attached hydrogen (secondary N) is 2. The minimum atomic E-state index is -4.75. The van der Waals surface area contributed by atoms with Gasteiger partial charge in [-0.2, -0.15) is 13.2 Å². The lowest BCUT2D eigenvalue weighted by atomic mass is 10.1. The number of nitrogens with zero attached hydrogens (tertiary/aromatic N) is 2. The third-order valence-electron chi connectivity index (χ3n) is 4.95. The molecule has 2 heterocycles. The largest absolute Gasteiger partial charge is 0.417 e. The van der Waals surface area contributed by atoms with Crippen molar-refractivity contribution in [2.24, 2.45) is 0 Å². The third-order valence-corrected chi connectivity index (χ3v) is 4.95. The van der Waals surface area contributed by atoms with Gasteiger partial charge in [-0.25, -0.2) is 4.98 Å². The molecular formula is C24H21F3N4O2. The molecule has 0 aliphatic carbocycles. The van der Waals surface area contributed by atoms with Crippen LogP contribution in [0.25, 0.3) is 16.7 Å². The number of methoxy groups -OCH3 is 1. The number of hydrogen-bond donors (Lipinski definition) is 2. The van der Waals surface area contributed by atoms with Crippen molar-refractivity contribution in [1.29, 1.82) is 0 Å². The van der Waals surface area contributed by atoms with E-state index in [1.54, 1.807) is 42.5 Å². The minimum Gasteiger partial charge on any atom is -0.383 e. The van der Waals surface area contributed by atoms with Crippen LogP contribution in [0.5, 0.6) is 0 Å². The number of rotatable bonds is 7. The third kappa shape index (κ3) is 4.83. The van der Waals surface area contributed by atoms with E-state index in [1.165, 1.54) is 11.7 Å². The molecule has 0 radical (unpaired) electrons. The number of alkyl halides is 3. The average molecular weight is 454 g/mol. The van der Waals surface area contributed by atoms with Crippen LogP contribution >= 0.6 is 0 Å². The number of fused-ring (bicyclic) bond motifs is 1. The molecule has 0 unspecified atom stereocenters. The van der Waals surface area contributed by atoms with E-state index in [1.807, 2.05) is 18.2 Å². The predicted octanol–water partition coefficient (Wildman–Crippen LogP) is 5.21. The second kappa shape index (κ2) is 9.33. The van der Waals surface area contributed by atoms with Crippen LogP contribution in [-0.2, 0) is 10.9 Å². The number of pyridine rings is 2. The summed E-state index contributed by atoms with van der Waals surface area (Å²) in [6, 6.07) is 19.9. The summed E-state index contributed by atoms with van der Waals surface area (Å²) in [6.07, 6.45) is -4.75. The van der Waals surface area contributed by atoms with Crippen LogP contribution in [0.1, 0.15) is 5.56 Å². The molecule has 33 heavy (non-hydrogen) atoms. The van der Waals surface area contributed by atoms with Crippen molar-refractivity contribution < 1.29 is 17.9 Å². The molecule has 2 N–H and O–H groups in total. The Bertz CT molecular complexity index is 1310. The molecule has 2 aromatic heterocycles. The molecule has 0 amide bonds. The highest BCUT2D eigenvalue weighted by atomic mass is 19.4. The van der Waals surface area contributed by atoms with Gasteiger partial charge < -0.3 is 15.4 Å². The maximum absolute atomic E-state index is 14.0. The van der Waals surface area contributed by atoms with E-state index in [-0.39, 0.29) is 24.6 Å². The summed E-state index contributed by atoms with van der Waals surface area (Å²) in [5, 5.41) is 5.48. The maximum Gasteiger partial charge on any atom is 0.417 e. The summed E-state index contributed by atoms with van der Waals surface area (Å²) in [5.41, 5.74) is -0.712. The van der Waals surface area contributed by atoms with E-state index in [2.05, 4.69) is 15.6 Å². The number of benzene rings is 2. The Morgan fingerprint density at radius 2 is 1.67 bits per heavy atom. The average Bonchev–Trinajstić information content (AvgIpc) is 2.79. The second-order valence-corrected chi connectivity index (χ2v) is 7.23. The van der Waals surface area contributed by atoms with Gasteiger partial charge in [0.2, 0.25) is 0 Å². The predicted molar refractivity (Wildman–Crippen MR) is 122 cm³/mol. The molecule has 0 aliphatic heterocycles. The molecule has 4 aromatic rings. The summed E-state index contributed by atoms with van der Waals surface area (Å²) in [5.74, 6) is 0.285. The van der Waals surface area contributed by atoms with E-state index < -0.39 is 22.6 Å². The first-order chi connectivity index (χ1) is 15.9. The van der Waals surface area contributed by atoms with Crippen molar-refractivity contribution in [3.8, 4) is 5.69 Å². The Labute approximate surface area is 187 Å². The summed E-state index contributed by atoms with van der Waals surface area (Å²) < 4.78 is 48.5. The molecule has 170 valence electrons. The molecule has 4 rings (SSSR count). The van der Waals surface area contributed by atoms with Gasteiger partial charge in [0, 0.05) is 31.1 Å². The van der Waals surface area contributed by atoms with Crippen LogP contribution in [0.15, 0.2) is 77.6 Å². The zero-order chi connectivity index (χ0) is 23.4. The van der Waals surface area contributed by atoms with E-state index in [4.69, 9.17) is 4.74 Å². The van der Waals surface area contributed by atoms with Crippen molar-refractivity contribution >= 4 is 28.4 Å². The van der Waals surface area contributed by atoms with Gasteiger partial charge in [-0.05, 0) is 30.3 Å². The first-order valence-electron chi connectivity index (χ1n) is 10.2. The maximum atomic E-state index is 14.0. The Hall–Kier alpha value is -3.85. The Kier molecular flexibility index (Phi) is 6.32. The molecule has 0 saturated heterocycles. The topological polar surface area (TPSA) is 68.2 Å². The quantitative estimate of drug-likeness (QED) is 0.376. The number of hydrogen-bond acceptors (Lipinski definition) is 5. The van der Waals surface area contributed by atoms with Crippen molar-refractivity contribution in [3.63, 3.8) is 0 Å². The molecule has 9 heteroatoms. The normalized spacial score (nSPS) is 11.5. The van der Waals surface area contributed by atoms with Gasteiger partial charge in [-0.15, -0.1) is 0 Å². The number of aromatic nitrogens is 2. The van der Waals surface area contributed by atoms with Crippen LogP contribution in [0.2, 0.25) is 0 Å². The number of ether oxygens (including phenoxy) is 1. The number of anilines is 3. The molecule has 0 spiro atoms. The van der Waals surface area contributed by atoms with Crippen molar-refractivity contribution in [1.82, 2.24) is 9.55 Å². The highest BCUT2D eigenvalue weighted by Crippen LogP contribution is 2.36. The Morgan fingerprint density at radius 3 is 2.30 bits per heavy atom. The van der Waals surface area contributed by atoms with Gasteiger partial charge >= 0.3 is 6.18 Å². The fourth-order valence-corrected chi connectivity index (χ4v) is 3.51. The van der Waals surface area contributed by atoms with Crippen LogP contribution in [0.3, 0.4) is 0 Å². The lowest BCUT2D eigenvalue weighted by Gasteiger charge is -2.20. The van der Waals surface area contributed by atoms with E-state index in [0.717, 1.165) is 12.1 Å². The van der Waals surface area contributed by atoms with Crippen LogP contribution in [0.4, 0.5) is 30.5 Å². The number of para-hydroxylation sites is 2. The fourth-order valence-electron chi connectivity index (χ4n) is 3.51. The zero-order valence-electron chi connectivity index (χ0n) is 17.7. The molecule has 0 aliphatic rings. The number of halogens is 3. The summed E-state index contributed by atoms with van der Waals surface area (Å²) in [7, 11) is 1.49. The van der Waals surface area contributed by atoms with E-state index in [9.17, 15) is 18.0 Å². The lowest BCUT2D eigenvalue weighted by molar-refractivity contribution is -0.136. The first kappa shape index (κ1) is 22.3. The van der Waals surface area contributed by atoms with Gasteiger partial charge in [0.05, 0.1) is 17.6 Å². The minimum absolute atomic E-state index is 0.00665. The van der Waals surface area contributed by atoms with Crippen molar-refractivity contribution in [3.05, 3.63) is 88.6 Å². The van der Waals surface area contributed by atoms with Crippen molar-refractivity contribution in [2.45, 2.75) is 6.18 Å². The van der Waals surface area contributed by atoms with E-state index in [0.29, 0.717) is 17.2 Å². The van der Waals surface area contributed by atoms with Crippen LogP contribution in [0, 0.1) is 0 Å². The molecular weight excluding hydrogens is 433 g/mol. The van der Waals surface area contributed by atoms with Gasteiger partial charge in [0.15, 0.2) is 11.1 Å². The molecule has 6 nitrogen and oxygen atoms in total. The molecule has 0 saturated carbocycles. The second-order valence-electron chi connectivity index (χ2n) is 7.23. The van der Waals surface area contributed by atoms with Gasteiger partial charge in [-0.3, -0.25) is 9.36 Å². The molecule has 2 aromatic carbocycles.